The van der Waals surface area contributed by atoms with Crippen LogP contribution >= 0.6 is 0 Å². The van der Waals surface area contributed by atoms with Gasteiger partial charge in [0.05, 0.1) is 23.9 Å². The van der Waals surface area contributed by atoms with Gasteiger partial charge in [-0.3, -0.25) is 4.79 Å². The molecule has 0 unspecified atom stereocenters. The third-order valence-corrected chi connectivity index (χ3v) is 3.45. The third-order valence-electron chi connectivity index (χ3n) is 3.45. The van der Waals surface area contributed by atoms with Crippen LogP contribution in [-0.2, 0) is 0 Å². The molecule has 0 spiro atoms. The van der Waals surface area contributed by atoms with Crippen LogP contribution in [0.15, 0.2) is 18.2 Å². The highest BCUT2D eigenvalue weighted by Crippen LogP contribution is 2.24. The van der Waals surface area contributed by atoms with Gasteiger partial charge in [0, 0.05) is 5.56 Å². The largest absolute Gasteiger partial charge is 0.495 e. The lowest BCUT2D eigenvalue weighted by molar-refractivity contribution is -0.00293. The number of nitrogens with two attached hydrogens (primary N) is 1. The number of anilines is 1. The fourth-order valence-electron chi connectivity index (χ4n) is 1.36. The molecule has 1 aromatic rings. The van der Waals surface area contributed by atoms with E-state index in [1.165, 1.54) is 7.11 Å². The average Bonchev–Trinajstić information content (AvgIpc) is 2.27. The second kappa shape index (κ2) is 5.09. The SMILES string of the molecule is COc1cc(C(=O)NC(C)(C)C(C)(C)O)ccc1N. The first-order valence-electron chi connectivity index (χ1n) is 6.07. The zero-order chi connectivity index (χ0) is 14.8. The molecule has 5 heteroatoms. The second-order valence-corrected chi connectivity index (χ2v) is 5.59. The summed E-state index contributed by atoms with van der Waals surface area (Å²) in [6.07, 6.45) is 0. The fraction of sp³-hybridized carbons (Fsp3) is 0.500. The number of hydrogen-bond donors (Lipinski definition) is 3. The molecule has 0 saturated carbocycles. The van der Waals surface area contributed by atoms with E-state index in [1.807, 2.05) is 0 Å². The van der Waals surface area contributed by atoms with Crippen molar-refractivity contribution in [3.05, 3.63) is 23.8 Å². The minimum absolute atomic E-state index is 0.287. The highest BCUT2D eigenvalue weighted by Gasteiger charge is 2.36. The van der Waals surface area contributed by atoms with Crippen LogP contribution in [-0.4, -0.2) is 29.3 Å². The molecule has 0 aliphatic carbocycles. The number of nitrogen functional groups attached to an aromatic ring is 1. The van der Waals surface area contributed by atoms with Crippen molar-refractivity contribution in [3.63, 3.8) is 0 Å². The molecule has 1 aromatic carbocycles. The van der Waals surface area contributed by atoms with Crippen molar-refractivity contribution < 1.29 is 14.6 Å². The number of ether oxygens (including phenoxy) is 1. The fourth-order valence-corrected chi connectivity index (χ4v) is 1.36. The number of amides is 1. The van der Waals surface area contributed by atoms with Gasteiger partial charge in [-0.1, -0.05) is 0 Å². The molecule has 0 bridgehead atoms. The van der Waals surface area contributed by atoms with Gasteiger partial charge in [-0.05, 0) is 45.9 Å². The Morgan fingerprint density at radius 1 is 1.32 bits per heavy atom. The maximum absolute atomic E-state index is 12.2. The molecule has 0 aliphatic rings. The van der Waals surface area contributed by atoms with E-state index in [1.54, 1.807) is 45.9 Å². The predicted octanol–water partition coefficient (Wildman–Crippen LogP) is 1.56. The number of carbonyl (C=O) groups is 1. The normalized spacial score (nSPS) is 12.1. The Morgan fingerprint density at radius 3 is 2.37 bits per heavy atom. The first-order valence-corrected chi connectivity index (χ1v) is 6.07. The van der Waals surface area contributed by atoms with E-state index in [9.17, 15) is 9.90 Å². The second-order valence-electron chi connectivity index (χ2n) is 5.59. The number of benzene rings is 1. The van der Waals surface area contributed by atoms with Gasteiger partial charge in [-0.15, -0.1) is 0 Å². The molecule has 1 amide bonds. The van der Waals surface area contributed by atoms with E-state index in [-0.39, 0.29) is 5.91 Å². The zero-order valence-electron chi connectivity index (χ0n) is 12.1. The Kier molecular flexibility index (Phi) is 4.10. The molecule has 0 aromatic heterocycles. The van der Waals surface area contributed by atoms with Crippen LogP contribution < -0.4 is 15.8 Å². The minimum Gasteiger partial charge on any atom is -0.495 e. The Bertz CT molecular complexity index is 476. The first-order chi connectivity index (χ1) is 8.58. The predicted molar refractivity (Wildman–Crippen MR) is 75.2 cm³/mol. The molecule has 5 nitrogen and oxygen atoms in total. The van der Waals surface area contributed by atoms with Gasteiger partial charge in [-0.25, -0.2) is 0 Å². The van der Waals surface area contributed by atoms with Crippen molar-refractivity contribution in [3.8, 4) is 5.75 Å². The molecule has 0 fully saturated rings. The molecule has 1 rings (SSSR count). The lowest BCUT2D eigenvalue weighted by Crippen LogP contribution is -2.57. The summed E-state index contributed by atoms with van der Waals surface area (Å²) in [7, 11) is 1.49. The maximum Gasteiger partial charge on any atom is 0.251 e. The molecule has 0 radical (unpaired) electrons. The van der Waals surface area contributed by atoms with Crippen molar-refractivity contribution in [1.29, 1.82) is 0 Å². The van der Waals surface area contributed by atoms with E-state index in [4.69, 9.17) is 10.5 Å². The lowest BCUT2D eigenvalue weighted by Gasteiger charge is -2.38. The topological polar surface area (TPSA) is 84.6 Å². The summed E-state index contributed by atoms with van der Waals surface area (Å²) in [4.78, 5) is 12.2. The summed E-state index contributed by atoms with van der Waals surface area (Å²) in [5.74, 6) is 0.166. The summed E-state index contributed by atoms with van der Waals surface area (Å²) in [6.45, 7) is 6.83. The monoisotopic (exact) mass is 266 g/mol. The quantitative estimate of drug-likeness (QED) is 0.722. The first kappa shape index (κ1) is 15.3. The molecular weight excluding hydrogens is 244 g/mol. The zero-order valence-corrected chi connectivity index (χ0v) is 12.1. The van der Waals surface area contributed by atoms with Crippen LogP contribution in [0, 0.1) is 0 Å². The molecule has 0 aliphatic heterocycles. The highest BCUT2D eigenvalue weighted by molar-refractivity contribution is 5.95. The smallest absolute Gasteiger partial charge is 0.251 e. The third kappa shape index (κ3) is 3.38. The van der Waals surface area contributed by atoms with Gasteiger partial charge in [-0.2, -0.15) is 0 Å². The molecule has 0 heterocycles. The standard InChI is InChI=1S/C14H22N2O3/c1-13(2,14(3,4)18)16-12(17)9-6-7-10(15)11(8-9)19-5/h6-8,18H,15H2,1-5H3,(H,16,17). The summed E-state index contributed by atoms with van der Waals surface area (Å²) < 4.78 is 5.08. The molecule has 0 saturated heterocycles. The molecule has 19 heavy (non-hydrogen) atoms. The van der Waals surface area contributed by atoms with Crippen LogP contribution in [0.25, 0.3) is 0 Å². The number of nitrogens with one attached hydrogen (secondary N) is 1. The van der Waals surface area contributed by atoms with Crippen LogP contribution in [0.2, 0.25) is 0 Å². The number of methoxy groups -OCH3 is 1. The van der Waals surface area contributed by atoms with Gasteiger partial charge in [0.15, 0.2) is 0 Å². The van der Waals surface area contributed by atoms with Crippen molar-refractivity contribution >= 4 is 11.6 Å². The molecular formula is C14H22N2O3. The van der Waals surface area contributed by atoms with Gasteiger partial charge < -0.3 is 20.9 Å². The van der Waals surface area contributed by atoms with E-state index >= 15 is 0 Å². The summed E-state index contributed by atoms with van der Waals surface area (Å²) in [5, 5.41) is 12.8. The average molecular weight is 266 g/mol. The molecule has 106 valence electrons. The number of hydrogen-bond acceptors (Lipinski definition) is 4. The molecule has 0 atom stereocenters. The Morgan fingerprint density at radius 2 is 1.89 bits per heavy atom. The van der Waals surface area contributed by atoms with Crippen molar-refractivity contribution in [1.82, 2.24) is 5.32 Å². The summed E-state index contributed by atoms with van der Waals surface area (Å²) >= 11 is 0. The number of aliphatic hydroxyl groups is 1. The summed E-state index contributed by atoms with van der Waals surface area (Å²) in [6, 6.07) is 4.81. The van der Waals surface area contributed by atoms with E-state index in [0.717, 1.165) is 0 Å². The number of carbonyl (C=O) groups excluding carboxylic acids is 1. The van der Waals surface area contributed by atoms with Crippen LogP contribution in [0.1, 0.15) is 38.1 Å². The van der Waals surface area contributed by atoms with Crippen molar-refractivity contribution in [2.75, 3.05) is 12.8 Å². The van der Waals surface area contributed by atoms with Gasteiger partial charge in [0.25, 0.3) is 5.91 Å². The van der Waals surface area contributed by atoms with Gasteiger partial charge in [0.1, 0.15) is 5.75 Å². The van der Waals surface area contributed by atoms with E-state index in [2.05, 4.69) is 5.32 Å². The highest BCUT2D eigenvalue weighted by atomic mass is 16.5. The van der Waals surface area contributed by atoms with Gasteiger partial charge >= 0.3 is 0 Å². The van der Waals surface area contributed by atoms with Crippen LogP contribution in [0.3, 0.4) is 0 Å². The number of rotatable bonds is 4. The molecule has 4 N–H and O–H groups in total. The van der Waals surface area contributed by atoms with Crippen LogP contribution in [0.4, 0.5) is 5.69 Å². The Hall–Kier alpha value is -1.75. The summed E-state index contributed by atoms with van der Waals surface area (Å²) in [5.41, 5.74) is 4.80. The maximum atomic E-state index is 12.2. The Labute approximate surface area is 113 Å². The lowest BCUT2D eigenvalue weighted by atomic mass is 9.85. The van der Waals surface area contributed by atoms with Crippen LogP contribution in [0.5, 0.6) is 5.75 Å². The van der Waals surface area contributed by atoms with Crippen molar-refractivity contribution in [2.24, 2.45) is 0 Å². The van der Waals surface area contributed by atoms with Gasteiger partial charge in [0.2, 0.25) is 0 Å². The van der Waals surface area contributed by atoms with E-state index in [0.29, 0.717) is 17.0 Å². The van der Waals surface area contributed by atoms with Crippen molar-refractivity contribution in [2.45, 2.75) is 38.8 Å². The Balaban J connectivity index is 2.96. The minimum atomic E-state index is -1.04. The van der Waals surface area contributed by atoms with E-state index < -0.39 is 11.1 Å².